The highest BCUT2D eigenvalue weighted by molar-refractivity contribution is 7.99. The summed E-state index contributed by atoms with van der Waals surface area (Å²) in [7, 11) is 0. The van der Waals surface area contributed by atoms with Gasteiger partial charge in [0.2, 0.25) is 11.8 Å². The molecule has 1 aliphatic heterocycles. The van der Waals surface area contributed by atoms with E-state index in [0.717, 1.165) is 30.0 Å². The fourth-order valence-corrected chi connectivity index (χ4v) is 3.95. The lowest BCUT2D eigenvalue weighted by Crippen LogP contribution is -2.32. The molecule has 3 aromatic rings. The molecule has 26 heavy (non-hydrogen) atoms. The van der Waals surface area contributed by atoms with Crippen LogP contribution in [0.15, 0.2) is 32.5 Å². The number of nitrogens with zero attached hydrogens (tertiary/aromatic N) is 6. The van der Waals surface area contributed by atoms with E-state index in [0.29, 0.717) is 18.3 Å². The van der Waals surface area contributed by atoms with Crippen molar-refractivity contribution in [2.45, 2.75) is 50.1 Å². The van der Waals surface area contributed by atoms with E-state index in [2.05, 4.69) is 29.8 Å². The molecule has 3 aromatic heterocycles. The summed E-state index contributed by atoms with van der Waals surface area (Å²) in [4.78, 5) is 6.63. The van der Waals surface area contributed by atoms with Crippen LogP contribution in [0.3, 0.4) is 0 Å². The Hall–Kier alpha value is -2.29. The van der Waals surface area contributed by atoms with Crippen LogP contribution in [-0.2, 0) is 6.54 Å². The minimum absolute atomic E-state index is 0.00930. The van der Waals surface area contributed by atoms with Gasteiger partial charge in [0.15, 0.2) is 11.0 Å². The van der Waals surface area contributed by atoms with Crippen LogP contribution in [0.2, 0.25) is 0 Å². The minimum atomic E-state index is -0.00930. The topological polar surface area (TPSA) is 86.0 Å². The van der Waals surface area contributed by atoms with Gasteiger partial charge in [0.25, 0.3) is 0 Å². The Morgan fingerprint density at radius 1 is 1.23 bits per heavy atom. The van der Waals surface area contributed by atoms with Gasteiger partial charge in [-0.1, -0.05) is 16.9 Å². The molecule has 0 saturated carbocycles. The van der Waals surface area contributed by atoms with Gasteiger partial charge >= 0.3 is 0 Å². The first-order valence-electron chi connectivity index (χ1n) is 8.88. The molecule has 4 rings (SSSR count). The minimum Gasteiger partial charge on any atom is -0.467 e. The van der Waals surface area contributed by atoms with Crippen LogP contribution >= 0.6 is 11.8 Å². The van der Waals surface area contributed by atoms with Crippen molar-refractivity contribution < 1.29 is 8.94 Å². The summed E-state index contributed by atoms with van der Waals surface area (Å²) >= 11 is 1.57. The van der Waals surface area contributed by atoms with Gasteiger partial charge in [-0.2, -0.15) is 4.98 Å². The second-order valence-corrected chi connectivity index (χ2v) is 7.74. The predicted molar refractivity (Wildman–Crippen MR) is 97.2 cm³/mol. The van der Waals surface area contributed by atoms with Crippen LogP contribution in [0.4, 0.5) is 5.95 Å². The molecular weight excluding hydrogens is 352 g/mol. The van der Waals surface area contributed by atoms with Crippen molar-refractivity contribution >= 4 is 17.7 Å². The maximum atomic E-state index is 5.55. The molecular formula is C17H22N6O2S. The van der Waals surface area contributed by atoms with Gasteiger partial charge in [0.1, 0.15) is 5.76 Å². The van der Waals surface area contributed by atoms with Gasteiger partial charge in [-0.3, -0.25) is 4.57 Å². The first kappa shape index (κ1) is 17.1. The second-order valence-electron chi connectivity index (χ2n) is 6.44. The number of furan rings is 1. The molecule has 1 atom stereocenters. The standard InChI is InChI=1S/C17H22N6O2S/c1-12(15-18-13(2)21-25-15)26-17-20-19-16(22-8-4-3-5-9-22)23(17)11-14-7-6-10-24-14/h6-7,10,12H,3-5,8-9,11H2,1-2H3/t12-/m0/s1. The summed E-state index contributed by atoms with van der Waals surface area (Å²) < 4.78 is 13.0. The molecule has 0 unspecified atom stereocenters. The van der Waals surface area contributed by atoms with E-state index < -0.39 is 0 Å². The van der Waals surface area contributed by atoms with E-state index in [4.69, 9.17) is 8.94 Å². The summed E-state index contributed by atoms with van der Waals surface area (Å²) in [6, 6.07) is 3.87. The summed E-state index contributed by atoms with van der Waals surface area (Å²) in [6.45, 7) is 6.48. The van der Waals surface area contributed by atoms with Gasteiger partial charge < -0.3 is 13.8 Å². The van der Waals surface area contributed by atoms with E-state index in [1.54, 1.807) is 18.0 Å². The quantitative estimate of drug-likeness (QED) is 0.606. The highest BCUT2D eigenvalue weighted by Gasteiger charge is 2.24. The summed E-state index contributed by atoms with van der Waals surface area (Å²) in [5.41, 5.74) is 0. The van der Waals surface area contributed by atoms with Gasteiger partial charge in [0.05, 0.1) is 18.1 Å². The Morgan fingerprint density at radius 3 is 2.77 bits per heavy atom. The van der Waals surface area contributed by atoms with Crippen LogP contribution in [0, 0.1) is 6.92 Å². The highest BCUT2D eigenvalue weighted by Crippen LogP contribution is 2.35. The first-order valence-corrected chi connectivity index (χ1v) is 9.76. The van der Waals surface area contributed by atoms with E-state index >= 15 is 0 Å². The smallest absolute Gasteiger partial charge is 0.239 e. The molecule has 1 fully saturated rings. The SMILES string of the molecule is Cc1noc([C@H](C)Sc2nnc(N3CCCCC3)n2Cc2ccco2)n1. The number of aryl methyl sites for hydroxylation is 1. The zero-order chi connectivity index (χ0) is 17.9. The van der Waals surface area contributed by atoms with Crippen molar-refractivity contribution in [3.05, 3.63) is 35.9 Å². The third-order valence-electron chi connectivity index (χ3n) is 4.40. The first-order chi connectivity index (χ1) is 12.7. The van der Waals surface area contributed by atoms with E-state index in [9.17, 15) is 0 Å². The van der Waals surface area contributed by atoms with Gasteiger partial charge in [-0.25, -0.2) is 0 Å². The van der Waals surface area contributed by atoms with Crippen molar-refractivity contribution in [2.75, 3.05) is 18.0 Å². The Balaban J connectivity index is 1.61. The number of piperidine rings is 1. The van der Waals surface area contributed by atoms with Crippen molar-refractivity contribution in [2.24, 2.45) is 0 Å². The molecule has 138 valence electrons. The fraction of sp³-hybridized carbons (Fsp3) is 0.529. The van der Waals surface area contributed by atoms with Gasteiger partial charge in [0, 0.05) is 13.1 Å². The molecule has 1 aliphatic rings. The largest absolute Gasteiger partial charge is 0.467 e. The third-order valence-corrected chi connectivity index (χ3v) is 5.47. The van der Waals surface area contributed by atoms with Crippen LogP contribution in [-0.4, -0.2) is 38.0 Å². The second kappa shape index (κ2) is 7.53. The van der Waals surface area contributed by atoms with E-state index in [1.165, 1.54) is 19.3 Å². The molecule has 9 heteroatoms. The lowest BCUT2D eigenvalue weighted by atomic mass is 10.1. The number of thioether (sulfide) groups is 1. The number of hydrogen-bond donors (Lipinski definition) is 0. The molecule has 4 heterocycles. The molecule has 0 aliphatic carbocycles. The van der Waals surface area contributed by atoms with Crippen LogP contribution < -0.4 is 4.90 Å². The van der Waals surface area contributed by atoms with Crippen molar-refractivity contribution in [3.63, 3.8) is 0 Å². The predicted octanol–water partition coefficient (Wildman–Crippen LogP) is 3.45. The maximum Gasteiger partial charge on any atom is 0.239 e. The number of aromatic nitrogens is 5. The van der Waals surface area contributed by atoms with Crippen LogP contribution in [0.25, 0.3) is 0 Å². The zero-order valence-corrected chi connectivity index (χ0v) is 15.8. The van der Waals surface area contributed by atoms with E-state index in [-0.39, 0.29) is 5.25 Å². The normalized spacial score (nSPS) is 16.2. The lowest BCUT2D eigenvalue weighted by molar-refractivity contribution is 0.376. The summed E-state index contributed by atoms with van der Waals surface area (Å²) in [5, 5.41) is 13.6. The Bertz CT molecular complexity index is 837. The van der Waals surface area contributed by atoms with Crippen molar-refractivity contribution in [1.82, 2.24) is 24.9 Å². The third kappa shape index (κ3) is 3.62. The van der Waals surface area contributed by atoms with Gasteiger partial charge in [-0.15, -0.1) is 10.2 Å². The Kier molecular flexibility index (Phi) is 4.96. The van der Waals surface area contributed by atoms with E-state index in [1.807, 2.05) is 26.0 Å². The summed E-state index contributed by atoms with van der Waals surface area (Å²) in [5.74, 6) is 3.02. The average molecular weight is 374 g/mol. The molecule has 0 bridgehead atoms. The number of anilines is 1. The molecule has 1 saturated heterocycles. The van der Waals surface area contributed by atoms with Gasteiger partial charge in [-0.05, 0) is 45.2 Å². The Labute approximate surface area is 156 Å². The average Bonchev–Trinajstić information content (AvgIpc) is 3.39. The van der Waals surface area contributed by atoms with Crippen molar-refractivity contribution in [1.29, 1.82) is 0 Å². The maximum absolute atomic E-state index is 5.55. The summed E-state index contributed by atoms with van der Waals surface area (Å²) in [6.07, 6.45) is 5.34. The fourth-order valence-electron chi connectivity index (χ4n) is 3.08. The lowest BCUT2D eigenvalue weighted by Gasteiger charge is -2.27. The van der Waals surface area contributed by atoms with Crippen LogP contribution in [0.1, 0.15) is 48.9 Å². The molecule has 0 N–H and O–H groups in total. The molecule has 8 nitrogen and oxygen atoms in total. The molecule has 0 amide bonds. The monoisotopic (exact) mass is 374 g/mol. The zero-order valence-electron chi connectivity index (χ0n) is 15.0. The van der Waals surface area contributed by atoms with Crippen LogP contribution in [0.5, 0.6) is 0 Å². The molecule has 0 radical (unpaired) electrons. The Morgan fingerprint density at radius 2 is 2.08 bits per heavy atom. The highest BCUT2D eigenvalue weighted by atomic mass is 32.2. The molecule has 0 aromatic carbocycles. The van der Waals surface area contributed by atoms with Crippen molar-refractivity contribution in [3.8, 4) is 0 Å². The number of hydrogen-bond acceptors (Lipinski definition) is 8. The molecule has 0 spiro atoms. The number of rotatable bonds is 6.